The molecule has 0 fully saturated rings. The maximum atomic E-state index is 12.7. The van der Waals surface area contributed by atoms with Gasteiger partial charge >= 0.3 is 29.6 Å². The Bertz CT molecular complexity index is 1390. The third-order valence-electron chi connectivity index (χ3n) is 5.19. The zero-order valence-corrected chi connectivity index (χ0v) is 18.7. The summed E-state index contributed by atoms with van der Waals surface area (Å²) in [4.78, 5) is 16.1. The molecule has 5 aromatic rings. The molecule has 2 N–H and O–H groups in total. The van der Waals surface area contributed by atoms with Gasteiger partial charge in [0.1, 0.15) is 5.75 Å². The smallest absolute Gasteiger partial charge is 0.872 e. The molecule has 0 aliphatic carbocycles. The van der Waals surface area contributed by atoms with Gasteiger partial charge in [0, 0.05) is 32.9 Å². The van der Waals surface area contributed by atoms with E-state index in [-0.39, 0.29) is 40.9 Å². The van der Waals surface area contributed by atoms with E-state index in [1.54, 1.807) is 37.4 Å². The van der Waals surface area contributed by atoms with E-state index >= 15 is 0 Å². The van der Waals surface area contributed by atoms with Gasteiger partial charge in [0.2, 0.25) is 0 Å². The summed E-state index contributed by atoms with van der Waals surface area (Å²) in [5.74, 6) is -0.0472. The number of benzene rings is 4. The Morgan fingerprint density at radius 1 is 0.933 bits per heavy atom. The minimum absolute atomic E-state index is 0. The first kappa shape index (κ1) is 20.3. The van der Waals surface area contributed by atoms with Crippen molar-refractivity contribution in [1.82, 2.24) is 4.98 Å². The standard InChI is InChI=1S/C24H18N2O3.Na/c1-29-16-9-7-15(8-10-16)25-24(28)20-12-14-6-11-18-17-4-2-3-5-21(17)26-23(18)19(14)13-22(20)27;/h2-13,26-27H,1H3,(H,25,28);/q;+1/p-1. The number of H-pyrrole nitrogens is 1. The van der Waals surface area contributed by atoms with Crippen LogP contribution in [0.25, 0.3) is 32.6 Å². The van der Waals surface area contributed by atoms with Crippen LogP contribution >= 0.6 is 0 Å². The van der Waals surface area contributed by atoms with Crippen molar-refractivity contribution in [3.05, 3.63) is 78.4 Å². The van der Waals surface area contributed by atoms with E-state index in [2.05, 4.69) is 16.4 Å². The van der Waals surface area contributed by atoms with Gasteiger partial charge in [-0.3, -0.25) is 4.79 Å². The minimum Gasteiger partial charge on any atom is -0.872 e. The van der Waals surface area contributed by atoms with Crippen LogP contribution in [-0.2, 0) is 0 Å². The number of ether oxygens (including phenoxy) is 1. The van der Waals surface area contributed by atoms with Crippen LogP contribution in [-0.4, -0.2) is 18.0 Å². The number of nitrogens with one attached hydrogen (secondary N) is 2. The summed E-state index contributed by atoms with van der Waals surface area (Å²) in [5.41, 5.74) is 2.64. The van der Waals surface area contributed by atoms with Gasteiger partial charge in [0.15, 0.2) is 0 Å². The molecule has 0 radical (unpaired) electrons. The average Bonchev–Trinajstić information content (AvgIpc) is 3.13. The largest absolute Gasteiger partial charge is 1.00 e. The molecule has 30 heavy (non-hydrogen) atoms. The molecule has 6 heteroatoms. The number of rotatable bonds is 3. The molecule has 1 aromatic heterocycles. The number of methoxy groups -OCH3 is 1. The summed E-state index contributed by atoms with van der Waals surface area (Å²) in [6.45, 7) is 0. The van der Waals surface area contributed by atoms with Gasteiger partial charge < -0.3 is 20.1 Å². The molecule has 0 saturated heterocycles. The number of carbonyl (C=O) groups excluding carboxylic acids is 1. The summed E-state index contributed by atoms with van der Waals surface area (Å²) in [6, 6.07) is 22.1. The normalized spacial score (nSPS) is 10.8. The third-order valence-corrected chi connectivity index (χ3v) is 5.19. The first-order valence-electron chi connectivity index (χ1n) is 9.23. The van der Waals surface area contributed by atoms with E-state index < -0.39 is 5.91 Å². The molecule has 0 bridgehead atoms. The van der Waals surface area contributed by atoms with Crippen molar-refractivity contribution < 1.29 is 44.2 Å². The monoisotopic (exact) mass is 404 g/mol. The van der Waals surface area contributed by atoms with Crippen LogP contribution in [0.2, 0.25) is 0 Å². The Morgan fingerprint density at radius 2 is 1.70 bits per heavy atom. The molecule has 0 aliphatic rings. The predicted molar refractivity (Wildman–Crippen MR) is 114 cm³/mol. The van der Waals surface area contributed by atoms with E-state index in [0.29, 0.717) is 11.4 Å². The van der Waals surface area contributed by atoms with E-state index in [4.69, 9.17) is 4.74 Å². The molecule has 0 aliphatic heterocycles. The van der Waals surface area contributed by atoms with E-state index in [1.807, 2.05) is 30.3 Å². The fraction of sp³-hybridized carbons (Fsp3) is 0.0417. The molecular formula is C24H17N2NaO3. The number of aromatic amines is 1. The van der Waals surface area contributed by atoms with E-state index in [1.165, 1.54) is 6.07 Å². The topological polar surface area (TPSA) is 77.2 Å². The summed E-state index contributed by atoms with van der Waals surface area (Å²) in [6.07, 6.45) is 0. The van der Waals surface area contributed by atoms with Gasteiger partial charge in [-0.25, -0.2) is 0 Å². The first-order valence-corrected chi connectivity index (χ1v) is 9.23. The van der Waals surface area contributed by atoms with Crippen LogP contribution in [0.15, 0.2) is 72.8 Å². The van der Waals surface area contributed by atoms with Crippen LogP contribution in [0.3, 0.4) is 0 Å². The number of anilines is 1. The minimum atomic E-state index is -0.432. The number of aromatic nitrogens is 1. The average molecular weight is 404 g/mol. The Labute approximate surface area is 195 Å². The van der Waals surface area contributed by atoms with Crippen LogP contribution in [0.1, 0.15) is 10.4 Å². The number of amides is 1. The van der Waals surface area contributed by atoms with Crippen molar-refractivity contribution in [3.63, 3.8) is 0 Å². The maximum Gasteiger partial charge on any atom is 1.00 e. The zero-order valence-electron chi connectivity index (χ0n) is 16.7. The molecule has 0 unspecified atom stereocenters. The van der Waals surface area contributed by atoms with Gasteiger partial charge in [-0.2, -0.15) is 0 Å². The summed E-state index contributed by atoms with van der Waals surface area (Å²) < 4.78 is 5.12. The summed E-state index contributed by atoms with van der Waals surface area (Å²) >= 11 is 0. The Morgan fingerprint density at radius 3 is 2.47 bits per heavy atom. The fourth-order valence-electron chi connectivity index (χ4n) is 3.72. The van der Waals surface area contributed by atoms with Gasteiger partial charge in [0.25, 0.3) is 5.91 Å². The van der Waals surface area contributed by atoms with Crippen molar-refractivity contribution in [2.24, 2.45) is 0 Å². The molecule has 0 saturated carbocycles. The van der Waals surface area contributed by atoms with Crippen molar-refractivity contribution >= 4 is 44.2 Å². The van der Waals surface area contributed by atoms with Crippen LogP contribution in [0.5, 0.6) is 11.5 Å². The first-order chi connectivity index (χ1) is 14.1. The Kier molecular flexibility index (Phi) is 5.43. The molecule has 1 amide bonds. The maximum absolute atomic E-state index is 12.7. The quantitative estimate of drug-likeness (QED) is 0.451. The fourth-order valence-corrected chi connectivity index (χ4v) is 3.72. The molecule has 5 rings (SSSR count). The van der Waals surface area contributed by atoms with Crippen molar-refractivity contribution in [1.29, 1.82) is 0 Å². The molecule has 1 heterocycles. The number of hydrogen-bond acceptors (Lipinski definition) is 3. The van der Waals surface area contributed by atoms with Crippen LogP contribution < -0.4 is 44.7 Å². The number of hydrogen-bond donors (Lipinski definition) is 2. The molecule has 4 aromatic carbocycles. The molecular weight excluding hydrogens is 387 g/mol. The molecule has 0 atom stereocenters. The van der Waals surface area contributed by atoms with Gasteiger partial charge in [-0.1, -0.05) is 42.1 Å². The second kappa shape index (κ2) is 8.03. The van der Waals surface area contributed by atoms with Crippen molar-refractivity contribution in [2.45, 2.75) is 0 Å². The van der Waals surface area contributed by atoms with Crippen LogP contribution in [0.4, 0.5) is 5.69 Å². The van der Waals surface area contributed by atoms with E-state index in [9.17, 15) is 9.90 Å². The number of para-hydroxylation sites is 1. The molecule has 142 valence electrons. The van der Waals surface area contributed by atoms with Crippen LogP contribution in [0, 0.1) is 0 Å². The third kappa shape index (κ3) is 3.41. The molecule has 5 nitrogen and oxygen atoms in total. The van der Waals surface area contributed by atoms with Gasteiger partial charge in [0.05, 0.1) is 12.6 Å². The zero-order chi connectivity index (χ0) is 20.0. The summed E-state index contributed by atoms with van der Waals surface area (Å²) in [5, 5.41) is 19.3. The Balaban J connectivity index is 0.00000218. The van der Waals surface area contributed by atoms with Crippen molar-refractivity contribution in [3.8, 4) is 11.5 Å². The summed E-state index contributed by atoms with van der Waals surface area (Å²) in [7, 11) is 1.58. The van der Waals surface area contributed by atoms with E-state index in [0.717, 1.165) is 32.6 Å². The van der Waals surface area contributed by atoms with Crippen molar-refractivity contribution in [2.75, 3.05) is 12.4 Å². The number of fused-ring (bicyclic) bond motifs is 5. The second-order valence-corrected chi connectivity index (χ2v) is 6.91. The molecule has 0 spiro atoms. The predicted octanol–water partition coefficient (Wildman–Crippen LogP) is 1.81. The van der Waals surface area contributed by atoms with Gasteiger partial charge in [-0.05, 0) is 41.8 Å². The van der Waals surface area contributed by atoms with Gasteiger partial charge in [-0.15, -0.1) is 0 Å². The SMILES string of the molecule is COc1ccc(NC(=O)c2cc3ccc4c5ccccc5[nH]c4c3cc2[O-])cc1.[Na+]. The number of carbonyl (C=O) groups is 1. The second-order valence-electron chi connectivity index (χ2n) is 6.91. The Hall–Kier alpha value is -2.99.